The summed E-state index contributed by atoms with van der Waals surface area (Å²) < 4.78 is 14.8. The van der Waals surface area contributed by atoms with Gasteiger partial charge in [0.15, 0.2) is 0 Å². The molecule has 3 heterocycles. The van der Waals surface area contributed by atoms with Gasteiger partial charge in [-0.25, -0.2) is 9.37 Å². The Labute approximate surface area is 183 Å². The van der Waals surface area contributed by atoms with Crippen LogP contribution in [0.3, 0.4) is 0 Å². The number of aromatic nitrogens is 3. The molecule has 0 aliphatic heterocycles. The Morgan fingerprint density at radius 3 is 2.87 bits per heavy atom. The molecule has 1 N–H and O–H groups in total. The van der Waals surface area contributed by atoms with Crippen LogP contribution in [0.2, 0.25) is 0 Å². The molecule has 1 aliphatic carbocycles. The van der Waals surface area contributed by atoms with Crippen molar-refractivity contribution in [2.45, 2.75) is 38.3 Å². The molecule has 4 aromatic rings. The van der Waals surface area contributed by atoms with Gasteiger partial charge in [-0.1, -0.05) is 18.2 Å². The van der Waals surface area contributed by atoms with Crippen molar-refractivity contribution in [2.75, 3.05) is 6.54 Å². The molecule has 158 valence electrons. The Kier molecular flexibility index (Phi) is 5.61. The van der Waals surface area contributed by atoms with E-state index in [1.54, 1.807) is 40.6 Å². The van der Waals surface area contributed by atoms with Gasteiger partial charge in [-0.05, 0) is 67.1 Å². The topological polar surface area (TPSA) is 59.8 Å². The number of aryl methyl sites for hydroxylation is 1. The van der Waals surface area contributed by atoms with E-state index in [9.17, 15) is 9.18 Å². The van der Waals surface area contributed by atoms with Gasteiger partial charge in [0.05, 0.1) is 18.3 Å². The maximum Gasteiger partial charge on any atom is 0.262 e. The summed E-state index contributed by atoms with van der Waals surface area (Å²) in [4.78, 5) is 24.0. The van der Waals surface area contributed by atoms with Crippen LogP contribution in [0.25, 0.3) is 10.2 Å². The van der Waals surface area contributed by atoms with Crippen molar-refractivity contribution in [3.05, 3.63) is 92.9 Å². The summed E-state index contributed by atoms with van der Waals surface area (Å²) in [5, 5.41) is 4.43. The van der Waals surface area contributed by atoms with Crippen LogP contribution in [-0.4, -0.2) is 27.1 Å². The maximum atomic E-state index is 13.2. The predicted octanol–water partition coefficient (Wildman–Crippen LogP) is 3.73. The summed E-state index contributed by atoms with van der Waals surface area (Å²) in [6.45, 7) is 1.31. The predicted molar refractivity (Wildman–Crippen MR) is 121 cm³/mol. The number of pyridine rings is 1. The number of hydrogen-bond donors (Lipinski definition) is 1. The molecule has 0 unspecified atom stereocenters. The summed E-state index contributed by atoms with van der Waals surface area (Å²) in [7, 11) is 0. The van der Waals surface area contributed by atoms with Crippen LogP contribution in [0.15, 0.2) is 59.9 Å². The average molecular weight is 435 g/mol. The monoisotopic (exact) mass is 434 g/mol. The minimum atomic E-state index is -0.278. The van der Waals surface area contributed by atoms with Gasteiger partial charge in [-0.15, -0.1) is 11.3 Å². The smallest absolute Gasteiger partial charge is 0.262 e. The summed E-state index contributed by atoms with van der Waals surface area (Å²) in [5.74, 6) is -0.278. The zero-order chi connectivity index (χ0) is 21.2. The minimum Gasteiger partial charge on any atom is -0.313 e. The first-order chi connectivity index (χ1) is 15.2. The number of thiophene rings is 1. The van der Waals surface area contributed by atoms with E-state index in [0.717, 1.165) is 53.6 Å². The van der Waals surface area contributed by atoms with E-state index in [0.29, 0.717) is 12.6 Å². The van der Waals surface area contributed by atoms with Gasteiger partial charge in [-0.3, -0.25) is 14.3 Å². The van der Waals surface area contributed by atoms with Crippen LogP contribution in [0.1, 0.15) is 28.0 Å². The number of benzene rings is 1. The first-order valence-corrected chi connectivity index (χ1v) is 11.4. The number of halogens is 1. The van der Waals surface area contributed by atoms with E-state index in [4.69, 9.17) is 0 Å². The minimum absolute atomic E-state index is 0.00480. The molecule has 5 nitrogen and oxygen atoms in total. The van der Waals surface area contributed by atoms with Gasteiger partial charge in [0.2, 0.25) is 0 Å². The van der Waals surface area contributed by atoms with E-state index in [2.05, 4.69) is 21.4 Å². The van der Waals surface area contributed by atoms with E-state index in [-0.39, 0.29) is 11.4 Å². The van der Waals surface area contributed by atoms with Crippen LogP contribution >= 0.6 is 11.3 Å². The number of nitrogens with one attached hydrogen (secondary N) is 1. The van der Waals surface area contributed by atoms with Crippen LogP contribution < -0.4 is 10.9 Å². The van der Waals surface area contributed by atoms with Gasteiger partial charge in [0.25, 0.3) is 5.56 Å². The summed E-state index contributed by atoms with van der Waals surface area (Å²) in [6, 6.07) is 10.7. The quantitative estimate of drug-likeness (QED) is 0.502. The van der Waals surface area contributed by atoms with Gasteiger partial charge >= 0.3 is 0 Å². The lowest BCUT2D eigenvalue weighted by atomic mass is 9.93. The Hall–Kier alpha value is -2.90. The molecular formula is C24H23FN4OS. The van der Waals surface area contributed by atoms with Crippen LogP contribution in [0.5, 0.6) is 0 Å². The number of rotatable bonds is 6. The highest BCUT2D eigenvalue weighted by Crippen LogP contribution is 2.33. The van der Waals surface area contributed by atoms with Crippen LogP contribution in [0, 0.1) is 5.82 Å². The van der Waals surface area contributed by atoms with Gasteiger partial charge in [0.1, 0.15) is 10.6 Å². The first kappa shape index (κ1) is 20.0. The maximum absolute atomic E-state index is 13.2. The summed E-state index contributed by atoms with van der Waals surface area (Å²) >= 11 is 1.64. The van der Waals surface area contributed by atoms with Crippen molar-refractivity contribution in [1.82, 2.24) is 19.9 Å². The normalized spacial score (nSPS) is 15.8. The molecule has 1 aromatic carbocycles. The molecule has 7 heteroatoms. The molecule has 31 heavy (non-hydrogen) atoms. The van der Waals surface area contributed by atoms with E-state index < -0.39 is 0 Å². The third kappa shape index (κ3) is 4.29. The lowest BCUT2D eigenvalue weighted by molar-refractivity contribution is 0.466. The van der Waals surface area contributed by atoms with Gasteiger partial charge in [0, 0.05) is 23.3 Å². The van der Waals surface area contributed by atoms with Crippen molar-refractivity contribution in [3.63, 3.8) is 0 Å². The number of fused-ring (bicyclic) bond motifs is 3. The molecule has 0 saturated heterocycles. The van der Waals surface area contributed by atoms with Crippen molar-refractivity contribution in [2.24, 2.45) is 0 Å². The zero-order valence-corrected chi connectivity index (χ0v) is 17.9. The Balaban J connectivity index is 1.31. The third-order valence-corrected chi connectivity index (χ3v) is 7.03. The summed E-state index contributed by atoms with van der Waals surface area (Å²) in [6.07, 6.45) is 9.10. The zero-order valence-electron chi connectivity index (χ0n) is 17.1. The second kappa shape index (κ2) is 8.69. The fourth-order valence-electron chi connectivity index (χ4n) is 4.24. The molecule has 1 aliphatic rings. The Morgan fingerprint density at radius 2 is 2.06 bits per heavy atom. The molecule has 0 bridgehead atoms. The van der Waals surface area contributed by atoms with Crippen molar-refractivity contribution in [1.29, 1.82) is 0 Å². The van der Waals surface area contributed by atoms with Crippen molar-refractivity contribution < 1.29 is 4.39 Å². The first-order valence-electron chi connectivity index (χ1n) is 10.5. The van der Waals surface area contributed by atoms with E-state index >= 15 is 0 Å². The lowest BCUT2D eigenvalue weighted by Gasteiger charge is -2.23. The fourth-order valence-corrected chi connectivity index (χ4v) is 5.50. The highest BCUT2D eigenvalue weighted by atomic mass is 32.1. The summed E-state index contributed by atoms with van der Waals surface area (Å²) in [5.41, 5.74) is 3.27. The number of hydrogen-bond acceptors (Lipinski definition) is 5. The third-order valence-electron chi connectivity index (χ3n) is 5.87. The van der Waals surface area contributed by atoms with Gasteiger partial charge < -0.3 is 5.32 Å². The van der Waals surface area contributed by atoms with E-state index in [1.165, 1.54) is 22.6 Å². The lowest BCUT2D eigenvalue weighted by Crippen LogP contribution is -2.35. The molecule has 1 atom stereocenters. The molecule has 3 aromatic heterocycles. The fraction of sp³-hybridized carbons (Fsp3) is 0.292. The Morgan fingerprint density at radius 1 is 1.19 bits per heavy atom. The second-order valence-electron chi connectivity index (χ2n) is 7.99. The molecular weight excluding hydrogens is 411 g/mol. The number of nitrogens with zero attached hydrogens (tertiary/aromatic N) is 3. The average Bonchev–Trinajstić information content (AvgIpc) is 3.16. The molecule has 0 amide bonds. The SMILES string of the molecule is O=c1c2c3c(sc2ncn1Cc1ccc(F)cc1)C[C@@H](NCCc1cccnc1)CC3. The molecule has 5 rings (SSSR count). The second-order valence-corrected chi connectivity index (χ2v) is 9.08. The van der Waals surface area contributed by atoms with Crippen molar-refractivity contribution in [3.8, 4) is 0 Å². The van der Waals surface area contributed by atoms with Crippen LogP contribution in [-0.2, 0) is 25.8 Å². The molecule has 0 saturated carbocycles. The van der Waals surface area contributed by atoms with Crippen LogP contribution in [0.4, 0.5) is 4.39 Å². The standard InChI is InChI=1S/C24H23FN4OS/c25-18-5-3-17(4-6-18)14-29-15-28-23-22(24(29)30)20-8-7-19(12-21(20)31-23)27-11-9-16-2-1-10-26-13-16/h1-6,10,13,15,19,27H,7-9,11-12,14H2/t19-/m0/s1. The molecule has 0 spiro atoms. The van der Waals surface area contributed by atoms with E-state index in [1.807, 2.05) is 12.3 Å². The molecule has 0 radical (unpaired) electrons. The highest BCUT2D eigenvalue weighted by Gasteiger charge is 2.25. The molecule has 0 fully saturated rings. The van der Waals surface area contributed by atoms with Gasteiger partial charge in [-0.2, -0.15) is 0 Å². The highest BCUT2D eigenvalue weighted by molar-refractivity contribution is 7.18. The Bertz CT molecular complexity index is 1250. The largest absolute Gasteiger partial charge is 0.313 e. The van der Waals surface area contributed by atoms with Crippen molar-refractivity contribution >= 4 is 21.6 Å².